The molecule has 0 radical (unpaired) electrons. The van der Waals surface area contributed by atoms with Crippen LogP contribution in [0.2, 0.25) is 0 Å². The van der Waals surface area contributed by atoms with Gasteiger partial charge in [0.2, 0.25) is 5.91 Å². The number of carbonyl (C=O) groups excluding carboxylic acids is 1. The Morgan fingerprint density at radius 1 is 1.32 bits per heavy atom. The summed E-state index contributed by atoms with van der Waals surface area (Å²) in [4.78, 5) is 18.7. The first-order valence-corrected chi connectivity index (χ1v) is 9.35. The highest BCUT2D eigenvalue weighted by Gasteiger charge is 2.10. The lowest BCUT2D eigenvalue weighted by Gasteiger charge is -2.06. The maximum Gasteiger partial charge on any atom is 0.224 e. The van der Waals surface area contributed by atoms with Crippen molar-refractivity contribution in [3.63, 3.8) is 0 Å². The Balaban J connectivity index is 1.56. The predicted octanol–water partition coefficient (Wildman–Crippen LogP) is 4.19. The molecule has 4 nitrogen and oxygen atoms in total. The number of aromatic nitrogens is 1. The number of ether oxygens (including phenoxy) is 1. The van der Waals surface area contributed by atoms with Crippen LogP contribution < -0.4 is 10.1 Å². The smallest absolute Gasteiger partial charge is 0.224 e. The molecule has 2 heterocycles. The van der Waals surface area contributed by atoms with Gasteiger partial charge in [-0.3, -0.25) is 4.79 Å². The Labute approximate surface area is 153 Å². The maximum atomic E-state index is 13.7. The van der Waals surface area contributed by atoms with Gasteiger partial charge in [0.05, 0.1) is 35.7 Å². The van der Waals surface area contributed by atoms with Crippen molar-refractivity contribution >= 4 is 28.6 Å². The normalized spacial score (nSPS) is 10.7. The molecule has 0 aliphatic heterocycles. The molecule has 0 bridgehead atoms. The summed E-state index contributed by atoms with van der Waals surface area (Å²) in [7, 11) is 1.41. The summed E-state index contributed by atoms with van der Waals surface area (Å²) in [6.07, 6.45) is 0.129. The number of thiazole rings is 1. The van der Waals surface area contributed by atoms with Crippen LogP contribution in [-0.4, -0.2) is 18.0 Å². The molecule has 0 saturated heterocycles. The molecule has 0 fully saturated rings. The zero-order valence-corrected chi connectivity index (χ0v) is 15.5. The molecule has 25 heavy (non-hydrogen) atoms. The Bertz CT molecular complexity index is 889. The second kappa shape index (κ2) is 7.76. The molecule has 7 heteroatoms. The number of rotatable bonds is 6. The fourth-order valence-corrected chi connectivity index (χ4v) is 3.94. The first kappa shape index (κ1) is 17.6. The molecule has 2 aromatic heterocycles. The van der Waals surface area contributed by atoms with E-state index in [2.05, 4.69) is 10.3 Å². The number of carbonyl (C=O) groups is 1. The second-order valence-corrected chi connectivity index (χ2v) is 7.67. The van der Waals surface area contributed by atoms with E-state index in [9.17, 15) is 9.18 Å². The van der Waals surface area contributed by atoms with Crippen molar-refractivity contribution in [2.24, 2.45) is 0 Å². The average Bonchev–Trinajstić information content (AvgIpc) is 3.22. The first-order chi connectivity index (χ1) is 12.0. The summed E-state index contributed by atoms with van der Waals surface area (Å²) < 4.78 is 18.5. The van der Waals surface area contributed by atoms with E-state index in [1.54, 1.807) is 28.7 Å². The van der Waals surface area contributed by atoms with Crippen molar-refractivity contribution in [1.82, 2.24) is 10.3 Å². The van der Waals surface area contributed by atoms with E-state index in [1.807, 2.05) is 24.4 Å². The molecule has 0 aliphatic rings. The van der Waals surface area contributed by atoms with Gasteiger partial charge >= 0.3 is 0 Å². The van der Waals surface area contributed by atoms with Crippen molar-refractivity contribution in [2.75, 3.05) is 7.11 Å². The summed E-state index contributed by atoms with van der Waals surface area (Å²) in [5.41, 5.74) is 1.58. The average molecular weight is 376 g/mol. The van der Waals surface area contributed by atoms with Gasteiger partial charge < -0.3 is 10.1 Å². The largest absolute Gasteiger partial charge is 0.494 e. The van der Waals surface area contributed by atoms with Crippen molar-refractivity contribution < 1.29 is 13.9 Å². The predicted molar refractivity (Wildman–Crippen MR) is 98.7 cm³/mol. The third-order valence-electron chi connectivity index (χ3n) is 3.57. The molecule has 1 aromatic carbocycles. The maximum absolute atomic E-state index is 13.7. The summed E-state index contributed by atoms with van der Waals surface area (Å²) >= 11 is 3.23. The molecule has 1 amide bonds. The van der Waals surface area contributed by atoms with E-state index in [-0.39, 0.29) is 18.1 Å². The lowest BCUT2D eigenvalue weighted by atomic mass is 10.1. The first-order valence-electron chi connectivity index (χ1n) is 7.65. The zero-order chi connectivity index (χ0) is 17.8. The van der Waals surface area contributed by atoms with Gasteiger partial charge in [-0.15, -0.1) is 22.7 Å². The van der Waals surface area contributed by atoms with Gasteiger partial charge in [-0.1, -0.05) is 6.07 Å². The minimum absolute atomic E-state index is 0.129. The number of hydrogen-bond acceptors (Lipinski definition) is 5. The minimum Gasteiger partial charge on any atom is -0.494 e. The summed E-state index contributed by atoms with van der Waals surface area (Å²) in [6, 6.07) is 8.54. The summed E-state index contributed by atoms with van der Waals surface area (Å²) in [5, 5.41) is 5.93. The molecular formula is C18H17FN2O2S2. The van der Waals surface area contributed by atoms with E-state index in [0.29, 0.717) is 12.1 Å². The number of amides is 1. The molecular weight excluding hydrogens is 359 g/mol. The van der Waals surface area contributed by atoms with Crippen LogP contribution in [0.25, 0.3) is 10.6 Å². The van der Waals surface area contributed by atoms with Gasteiger partial charge in [-0.2, -0.15) is 0 Å². The van der Waals surface area contributed by atoms with Crippen molar-refractivity contribution in [1.29, 1.82) is 0 Å². The Morgan fingerprint density at radius 3 is 2.84 bits per heavy atom. The van der Waals surface area contributed by atoms with Crippen LogP contribution in [0.15, 0.2) is 35.7 Å². The van der Waals surface area contributed by atoms with Gasteiger partial charge in [0.1, 0.15) is 0 Å². The second-order valence-electron chi connectivity index (χ2n) is 5.44. The number of halogens is 1. The van der Waals surface area contributed by atoms with Gasteiger partial charge in [0, 0.05) is 10.3 Å². The molecule has 3 rings (SSSR count). The highest BCUT2D eigenvalue weighted by atomic mass is 32.1. The van der Waals surface area contributed by atoms with Crippen LogP contribution >= 0.6 is 22.7 Å². The van der Waals surface area contributed by atoms with Crippen LogP contribution in [0.3, 0.4) is 0 Å². The molecule has 3 aromatic rings. The van der Waals surface area contributed by atoms with E-state index < -0.39 is 5.82 Å². The molecule has 0 aliphatic carbocycles. The van der Waals surface area contributed by atoms with E-state index in [4.69, 9.17) is 4.74 Å². The topological polar surface area (TPSA) is 51.2 Å². The molecule has 0 spiro atoms. The minimum atomic E-state index is -0.464. The molecule has 0 atom stereocenters. The highest BCUT2D eigenvalue weighted by molar-refractivity contribution is 7.16. The monoisotopic (exact) mass is 376 g/mol. The van der Waals surface area contributed by atoms with E-state index in [0.717, 1.165) is 20.5 Å². The SMILES string of the molecule is COc1ccc(CC(=O)NCc2ccc(-c3csc(C)n3)s2)cc1F. The lowest BCUT2D eigenvalue weighted by Crippen LogP contribution is -2.24. The van der Waals surface area contributed by atoms with Gasteiger partial charge in [0.15, 0.2) is 11.6 Å². The summed E-state index contributed by atoms with van der Waals surface area (Å²) in [6.45, 7) is 2.43. The standard InChI is InChI=1S/C18H17FN2O2S2/c1-11-21-15(10-24-11)17-6-4-13(25-17)9-20-18(22)8-12-3-5-16(23-2)14(19)7-12/h3-7,10H,8-9H2,1-2H3,(H,20,22). The van der Waals surface area contributed by atoms with Crippen LogP contribution in [0.5, 0.6) is 5.75 Å². The lowest BCUT2D eigenvalue weighted by molar-refractivity contribution is -0.120. The van der Waals surface area contributed by atoms with Gasteiger partial charge in [-0.05, 0) is 36.8 Å². The molecule has 130 valence electrons. The van der Waals surface area contributed by atoms with Crippen molar-refractivity contribution in [3.05, 3.63) is 57.0 Å². The van der Waals surface area contributed by atoms with Crippen LogP contribution in [0, 0.1) is 12.7 Å². The number of hydrogen-bond donors (Lipinski definition) is 1. The van der Waals surface area contributed by atoms with Crippen LogP contribution in [0.1, 0.15) is 15.4 Å². The fraction of sp³-hybridized carbons (Fsp3) is 0.222. The summed E-state index contributed by atoms with van der Waals surface area (Å²) in [5.74, 6) is -0.439. The van der Waals surface area contributed by atoms with E-state index >= 15 is 0 Å². The van der Waals surface area contributed by atoms with Gasteiger partial charge in [0.25, 0.3) is 0 Å². The Morgan fingerprint density at radius 2 is 2.16 bits per heavy atom. The Kier molecular flexibility index (Phi) is 5.45. The third kappa shape index (κ3) is 4.43. The third-order valence-corrected chi connectivity index (χ3v) is 5.46. The van der Waals surface area contributed by atoms with Gasteiger partial charge in [-0.25, -0.2) is 9.37 Å². The van der Waals surface area contributed by atoms with Crippen LogP contribution in [0.4, 0.5) is 4.39 Å². The van der Waals surface area contributed by atoms with Crippen molar-refractivity contribution in [2.45, 2.75) is 19.9 Å². The molecule has 1 N–H and O–H groups in total. The quantitative estimate of drug-likeness (QED) is 0.702. The molecule has 0 unspecified atom stereocenters. The fourth-order valence-electron chi connectivity index (χ4n) is 2.34. The number of nitrogens with one attached hydrogen (secondary N) is 1. The number of methoxy groups -OCH3 is 1. The van der Waals surface area contributed by atoms with Crippen LogP contribution in [-0.2, 0) is 17.8 Å². The number of thiophene rings is 1. The van der Waals surface area contributed by atoms with Crippen molar-refractivity contribution in [3.8, 4) is 16.3 Å². The number of benzene rings is 1. The molecule has 0 saturated carbocycles. The highest BCUT2D eigenvalue weighted by Crippen LogP contribution is 2.29. The number of aryl methyl sites for hydroxylation is 1. The van der Waals surface area contributed by atoms with E-state index in [1.165, 1.54) is 19.2 Å². The number of nitrogens with zero attached hydrogens (tertiary/aromatic N) is 1. The Hall–Kier alpha value is -2.25. The zero-order valence-electron chi connectivity index (χ0n) is 13.8.